The van der Waals surface area contributed by atoms with Gasteiger partial charge in [-0.2, -0.15) is 0 Å². The number of hydrogen-bond acceptors (Lipinski definition) is 9. The molecule has 0 aliphatic heterocycles. The van der Waals surface area contributed by atoms with Gasteiger partial charge in [-0.25, -0.2) is 0 Å². The topological polar surface area (TPSA) is 131 Å². The molecule has 0 spiro atoms. The molecule has 1 unspecified atom stereocenters. The van der Waals surface area contributed by atoms with Crippen LogP contribution in [0.25, 0.3) is 49.2 Å². The summed E-state index contributed by atoms with van der Waals surface area (Å²) in [5, 5.41) is 29.4. The molecule has 0 bridgehead atoms. The summed E-state index contributed by atoms with van der Waals surface area (Å²) >= 11 is 0. The van der Waals surface area contributed by atoms with Crippen molar-refractivity contribution in [1.82, 2.24) is 0 Å². The highest BCUT2D eigenvalue weighted by atomic mass is 16.5. The Kier molecular flexibility index (Phi) is 6.29. The Hall–Kier alpha value is -4.79. The van der Waals surface area contributed by atoms with Crippen LogP contribution in [0.3, 0.4) is 0 Å². The summed E-state index contributed by atoms with van der Waals surface area (Å²) in [6.45, 7) is 5.84. The van der Waals surface area contributed by atoms with E-state index in [2.05, 4.69) is 5.32 Å². The van der Waals surface area contributed by atoms with Crippen molar-refractivity contribution < 1.29 is 29.2 Å². The summed E-state index contributed by atoms with van der Waals surface area (Å²) in [6, 6.07) is 2.58. The largest absolute Gasteiger partial charge is 0.505 e. The van der Waals surface area contributed by atoms with Crippen molar-refractivity contribution in [2.24, 2.45) is 0 Å². The first-order valence-corrected chi connectivity index (χ1v) is 13.8. The molecule has 0 fully saturated rings. The summed E-state index contributed by atoms with van der Waals surface area (Å²) in [7, 11) is 4.24. The molecule has 0 saturated carbocycles. The van der Waals surface area contributed by atoms with Crippen LogP contribution >= 0.6 is 0 Å². The van der Waals surface area contributed by atoms with Gasteiger partial charge in [-0.1, -0.05) is 25.0 Å². The minimum Gasteiger partial charge on any atom is -0.505 e. The quantitative estimate of drug-likeness (QED) is 0.0941. The van der Waals surface area contributed by atoms with Crippen LogP contribution < -0.4 is 30.4 Å². The number of carbonyl (C=O) groups is 1. The second-order valence-electron chi connectivity index (χ2n) is 10.8. The number of rotatable bonds is 8. The number of carbonyl (C=O) groups excluding carboxylic acids is 1. The molecule has 1 atom stereocenters. The number of Topliss-reactive ketones (excluding diaryl/α,β-unsaturated/α-hetero) is 1. The molecule has 0 radical (unpaired) electrons. The van der Waals surface area contributed by atoms with Gasteiger partial charge in [0.05, 0.1) is 43.7 Å². The van der Waals surface area contributed by atoms with Crippen LogP contribution in [0.4, 0.5) is 5.69 Å². The van der Waals surface area contributed by atoms with Gasteiger partial charge >= 0.3 is 0 Å². The van der Waals surface area contributed by atoms with E-state index in [1.807, 2.05) is 13.0 Å². The molecule has 9 nitrogen and oxygen atoms in total. The minimum absolute atomic E-state index is 0.00178. The zero-order chi connectivity index (χ0) is 30.2. The Balaban J connectivity index is 2.11. The van der Waals surface area contributed by atoms with E-state index in [0.717, 1.165) is 12.8 Å². The first-order chi connectivity index (χ1) is 20.1. The van der Waals surface area contributed by atoms with Gasteiger partial charge in [0.25, 0.3) is 0 Å². The summed E-state index contributed by atoms with van der Waals surface area (Å²) in [6.07, 6.45) is 3.54. The van der Waals surface area contributed by atoms with Crippen LogP contribution in [-0.4, -0.2) is 43.9 Å². The van der Waals surface area contributed by atoms with Crippen molar-refractivity contribution >= 4 is 60.6 Å². The van der Waals surface area contributed by atoms with Crippen molar-refractivity contribution in [3.8, 4) is 28.7 Å². The fourth-order valence-corrected chi connectivity index (χ4v) is 6.84. The highest BCUT2D eigenvalue weighted by Crippen LogP contribution is 2.58. The first-order valence-electron chi connectivity index (χ1n) is 13.8. The van der Waals surface area contributed by atoms with E-state index in [9.17, 15) is 24.6 Å². The maximum atomic E-state index is 13.7. The Morgan fingerprint density at radius 2 is 1.40 bits per heavy atom. The normalized spacial score (nSPS) is 14.6. The lowest BCUT2D eigenvalue weighted by Gasteiger charge is -2.25. The van der Waals surface area contributed by atoms with Crippen LogP contribution in [0.2, 0.25) is 0 Å². The highest BCUT2D eigenvalue weighted by Gasteiger charge is 2.37. The van der Waals surface area contributed by atoms with E-state index >= 15 is 0 Å². The van der Waals surface area contributed by atoms with Crippen LogP contribution in [0.1, 0.15) is 50.7 Å². The van der Waals surface area contributed by atoms with E-state index in [1.165, 1.54) is 40.4 Å². The third-order valence-corrected chi connectivity index (χ3v) is 8.49. The number of ether oxygens (including phenoxy) is 3. The van der Waals surface area contributed by atoms with Gasteiger partial charge in [0.1, 0.15) is 17.3 Å². The Labute approximate surface area is 240 Å². The smallest absolute Gasteiger partial charge is 0.194 e. The number of benzene rings is 5. The fourth-order valence-electron chi connectivity index (χ4n) is 6.84. The molecule has 5 aromatic carbocycles. The lowest BCUT2D eigenvalue weighted by Crippen LogP contribution is -2.14. The second-order valence-corrected chi connectivity index (χ2v) is 10.8. The van der Waals surface area contributed by atoms with Gasteiger partial charge in [-0.3, -0.25) is 14.4 Å². The fraction of sp³-hybridized carbons (Fsp3) is 0.303. The van der Waals surface area contributed by atoms with Crippen LogP contribution in [0.5, 0.6) is 28.7 Å². The van der Waals surface area contributed by atoms with Crippen molar-refractivity contribution in [3.05, 3.63) is 49.3 Å². The number of phenolic OH excluding ortho intramolecular Hbond substituents is 2. The van der Waals surface area contributed by atoms with E-state index in [0.29, 0.717) is 61.2 Å². The van der Waals surface area contributed by atoms with Gasteiger partial charge in [-0.05, 0) is 25.7 Å². The van der Waals surface area contributed by atoms with E-state index in [4.69, 9.17) is 14.2 Å². The number of anilines is 1. The summed E-state index contributed by atoms with van der Waals surface area (Å²) in [5.74, 6) is -1.25. The van der Waals surface area contributed by atoms with Crippen LogP contribution in [0.15, 0.2) is 27.3 Å². The molecule has 0 aromatic heterocycles. The summed E-state index contributed by atoms with van der Waals surface area (Å²) in [4.78, 5) is 40.7. The average molecular weight is 570 g/mol. The molecule has 6 rings (SSSR count). The average Bonchev–Trinajstić information content (AvgIpc) is 3.08. The zero-order valence-corrected chi connectivity index (χ0v) is 24.3. The predicted octanol–water partition coefficient (Wildman–Crippen LogP) is 5.63. The zero-order valence-electron chi connectivity index (χ0n) is 24.3. The van der Waals surface area contributed by atoms with E-state index in [1.54, 1.807) is 6.92 Å². The summed E-state index contributed by atoms with van der Waals surface area (Å²) in [5.41, 5.74) is 0.966. The van der Waals surface area contributed by atoms with Gasteiger partial charge in [0.15, 0.2) is 28.1 Å². The molecular weight excluding hydrogens is 538 g/mol. The third kappa shape index (κ3) is 3.39. The van der Waals surface area contributed by atoms with Gasteiger partial charge in [0, 0.05) is 56.7 Å². The van der Waals surface area contributed by atoms with Crippen LogP contribution in [0, 0.1) is 0 Å². The molecule has 0 amide bonds. The standard InChI is InChI=1S/C33H31NO8/c1-7-8-9-34-30-15-10-13(2)20(14(3)35)29-27-21(15)26-22(31(30)38)16(36)11-18(40-4)24(26)25-19(41-5)12-17(37)23(28(25)27)32(39)33(29)42-6/h10-12,20,34,38-39H,7-9H2,1-6H3. The minimum atomic E-state index is -0.855. The number of unbranched alkanes of at least 4 members (excludes halogenated alkanes) is 1. The SMILES string of the molecule is CCCCNc1c(O)c2c(=O)cc(OC)c3c4c(OC)cc(=O)c5c(O)c(OC)c6c(c(c1C=C(C)C6C(C)=O)c23)c54. The number of nitrogens with one attached hydrogen (secondary N) is 1. The number of methoxy groups -OCH3 is 3. The van der Waals surface area contributed by atoms with Crippen molar-refractivity contribution in [1.29, 1.82) is 0 Å². The Bertz CT molecular complexity index is 2110. The number of phenols is 2. The number of aromatic hydroxyl groups is 2. The lowest BCUT2D eigenvalue weighted by atomic mass is 9.80. The predicted molar refractivity (Wildman–Crippen MR) is 165 cm³/mol. The lowest BCUT2D eigenvalue weighted by molar-refractivity contribution is -0.117. The number of allylic oxidation sites excluding steroid dienone is 1. The molecule has 3 N–H and O–H groups in total. The van der Waals surface area contributed by atoms with Gasteiger partial charge < -0.3 is 29.7 Å². The number of ketones is 1. The molecular formula is C33H31NO8. The van der Waals surface area contributed by atoms with Crippen LogP contribution in [-0.2, 0) is 4.79 Å². The van der Waals surface area contributed by atoms with E-state index in [-0.39, 0.29) is 45.3 Å². The maximum absolute atomic E-state index is 13.7. The van der Waals surface area contributed by atoms with E-state index < -0.39 is 16.8 Å². The molecule has 5 aromatic rings. The third-order valence-electron chi connectivity index (χ3n) is 8.49. The molecule has 1 aliphatic carbocycles. The van der Waals surface area contributed by atoms with Crippen molar-refractivity contribution in [3.63, 3.8) is 0 Å². The Morgan fingerprint density at radius 1 is 0.833 bits per heavy atom. The molecule has 9 heteroatoms. The van der Waals surface area contributed by atoms with Gasteiger partial charge in [0.2, 0.25) is 0 Å². The summed E-state index contributed by atoms with van der Waals surface area (Å²) < 4.78 is 17.2. The highest BCUT2D eigenvalue weighted by molar-refractivity contribution is 6.40. The molecule has 1 aliphatic rings. The molecule has 216 valence electrons. The first kappa shape index (κ1) is 27.4. The number of fused-ring (bicyclic) bond motifs is 1. The van der Waals surface area contributed by atoms with Gasteiger partial charge in [-0.15, -0.1) is 0 Å². The second kappa shape index (κ2) is 9.65. The molecule has 0 heterocycles. The van der Waals surface area contributed by atoms with Crippen molar-refractivity contribution in [2.75, 3.05) is 33.2 Å². The monoisotopic (exact) mass is 569 g/mol. The van der Waals surface area contributed by atoms with Crippen molar-refractivity contribution in [2.45, 2.75) is 39.5 Å². The number of hydrogen-bond donors (Lipinski definition) is 3. The Morgan fingerprint density at radius 3 is 1.93 bits per heavy atom. The maximum Gasteiger partial charge on any atom is 0.194 e. The molecule has 0 saturated heterocycles. The molecule has 42 heavy (non-hydrogen) atoms.